The van der Waals surface area contributed by atoms with Crippen LogP contribution in [-0.4, -0.2) is 206 Å². The van der Waals surface area contributed by atoms with Crippen LogP contribution in [0.1, 0.15) is 128 Å². The van der Waals surface area contributed by atoms with Crippen molar-refractivity contribution in [2.75, 3.05) is 108 Å². The molecule has 29 heteroatoms. The normalized spacial score (nSPS) is 16.3. The van der Waals surface area contributed by atoms with Crippen LogP contribution in [-0.2, 0) is 4.74 Å². The van der Waals surface area contributed by atoms with Gasteiger partial charge < -0.3 is 74.8 Å². The van der Waals surface area contributed by atoms with Crippen molar-refractivity contribution < 1.29 is 46.6 Å². The van der Waals surface area contributed by atoms with Gasteiger partial charge in [0.05, 0.1) is 18.9 Å². The maximum atomic E-state index is 14.0. The van der Waals surface area contributed by atoms with Gasteiger partial charge >= 0.3 is 0 Å². The van der Waals surface area contributed by atoms with E-state index in [9.17, 15) is 37.1 Å². The number of aryl methyl sites for hydroxylation is 2. The lowest BCUT2D eigenvalue weighted by Gasteiger charge is -2.40. The average molecular weight is 1850 g/mol. The van der Waals surface area contributed by atoms with Crippen molar-refractivity contribution in [1.82, 2.24) is 54.3 Å². The van der Waals surface area contributed by atoms with Gasteiger partial charge in [0, 0.05) is 207 Å². The van der Waals surface area contributed by atoms with Crippen LogP contribution in [0.3, 0.4) is 0 Å². The second-order valence-corrected chi connectivity index (χ2v) is 36.0. The van der Waals surface area contributed by atoms with Crippen LogP contribution in [0.15, 0.2) is 212 Å². The zero-order chi connectivity index (χ0) is 89.8. The SMILES string of the molecule is Cc1cc(F)cc(NC2CCN(C(=O)c3cc4cc(Cl)ccc4[nH]3)CC2)c1.Cc1ccc(NC2CCN(C(=O)c3cc4cc(Cl)ccc4[nH]3)CC2)c(F)c1.O=C(c1cc2cc(Cl)ccc2[nH]1)N1CCC(N2CCOCC2)CC1.O=C(c1cc2cc(Cl)ccc2[nH]1)N1CCC(Nc2cccc(F)c2)CC1.O=C(c1cc2cc(Cl)ccc2[nH]1)N1CCC(Oc2ccccc2)CC1. The number of ether oxygens (including phenoxy) is 2. The molecule has 14 aromatic rings. The van der Waals surface area contributed by atoms with Gasteiger partial charge in [-0.1, -0.05) is 88.3 Å². The van der Waals surface area contributed by atoms with E-state index in [0.29, 0.717) is 118 Å². The number of anilines is 3. The number of nitrogens with zero attached hydrogens (tertiary/aromatic N) is 6. The second kappa shape index (κ2) is 41.9. The summed E-state index contributed by atoms with van der Waals surface area (Å²) in [4.78, 5) is 91.7. The van der Waals surface area contributed by atoms with Gasteiger partial charge in [0.2, 0.25) is 0 Å². The maximum Gasteiger partial charge on any atom is 0.270 e. The van der Waals surface area contributed by atoms with Crippen molar-refractivity contribution in [2.45, 2.75) is 108 Å². The Balaban J connectivity index is 0.000000118. The second-order valence-electron chi connectivity index (χ2n) is 33.8. The summed E-state index contributed by atoms with van der Waals surface area (Å²) in [7, 11) is 0. The highest BCUT2D eigenvalue weighted by Crippen LogP contribution is 2.32. The number of likely N-dealkylation sites (tertiary alicyclic amines) is 5. The molecule has 129 heavy (non-hydrogen) atoms. The van der Waals surface area contributed by atoms with Crippen LogP contribution < -0.4 is 20.7 Å². The summed E-state index contributed by atoms with van der Waals surface area (Å²) >= 11 is 30.1. The van der Waals surface area contributed by atoms with Gasteiger partial charge in [0.1, 0.15) is 57.8 Å². The molecule has 5 amide bonds. The van der Waals surface area contributed by atoms with E-state index in [1.54, 1.807) is 30.3 Å². The first-order valence-electron chi connectivity index (χ1n) is 43.9. The largest absolute Gasteiger partial charge is 0.490 e. The van der Waals surface area contributed by atoms with Crippen LogP contribution in [0.4, 0.5) is 30.2 Å². The van der Waals surface area contributed by atoms with Crippen LogP contribution in [0.5, 0.6) is 5.75 Å². The minimum atomic E-state index is -0.249. The summed E-state index contributed by atoms with van der Waals surface area (Å²) in [6.07, 6.45) is 8.79. The number of halogens is 8. The fourth-order valence-corrected chi connectivity index (χ4v) is 18.6. The molecule has 5 aromatic heterocycles. The fraction of sp³-hybridized carbons (Fsp3) is 0.310. The molecule has 11 heterocycles. The number of amides is 5. The van der Waals surface area contributed by atoms with Crippen molar-refractivity contribution in [1.29, 1.82) is 0 Å². The number of fused-ring (bicyclic) bond motifs is 5. The molecule has 8 N–H and O–H groups in total. The number of hydrogen-bond acceptors (Lipinski definition) is 11. The predicted octanol–water partition coefficient (Wildman–Crippen LogP) is 21.9. The fourth-order valence-electron chi connectivity index (χ4n) is 17.7. The van der Waals surface area contributed by atoms with E-state index in [4.69, 9.17) is 67.5 Å². The standard InChI is InChI=1S/2C21H21ClFN3O.C20H19ClFN3O.C20H19ClN2O2.C18H22ClN3O2/c1-13-2-4-19(17(23)10-13)24-16-6-8-26(9-7-16)21(27)20-12-14-11-15(22)3-5-18(14)25-20;1-13-8-16(23)12-18(9-13)24-17-4-6-26(7-5-17)21(27)20-11-14-10-15(22)2-3-19(14)25-20;21-14-4-5-18-13(10-14)11-19(24-18)20(26)25-8-6-16(7-9-25)23-17-3-1-2-15(22)12-17;21-15-6-7-18-14(12-15)13-19(22-18)20(24)23-10-8-17(9-11-23)25-16-4-2-1-3-5-16;19-14-1-2-16-13(11-14)12-17(20-16)18(23)22-5-3-15(4-6-22)21-7-9-24-10-8-21/h2-5,10-12,16,24-25H,6-9H2,1H3;2-3,8-12,17,24-25H,4-7H2,1H3;1-5,10-12,16,23-24H,6-9H2;1-7,12-13,17,22H,8-11H2;1-2,11-12,15,20H,3-10H2. The number of carbonyl (C=O) groups excluding carboxylic acids is 5. The highest BCUT2D eigenvalue weighted by molar-refractivity contribution is 6.33. The third-order valence-corrected chi connectivity index (χ3v) is 25.8. The third kappa shape index (κ3) is 23.5. The number of para-hydroxylation sites is 1. The van der Waals surface area contributed by atoms with Gasteiger partial charge in [-0.15, -0.1) is 0 Å². The number of hydrogen-bond donors (Lipinski definition) is 8. The molecule has 0 bridgehead atoms. The molecule has 6 aliphatic rings. The molecule has 0 unspecified atom stereocenters. The van der Waals surface area contributed by atoms with Gasteiger partial charge in [-0.25, -0.2) is 13.2 Å². The molecule has 0 saturated carbocycles. The van der Waals surface area contributed by atoms with E-state index in [1.807, 2.05) is 190 Å². The van der Waals surface area contributed by atoms with Crippen molar-refractivity contribution in [3.63, 3.8) is 0 Å². The van der Waals surface area contributed by atoms with E-state index >= 15 is 0 Å². The Morgan fingerprint density at radius 3 is 1.07 bits per heavy atom. The quantitative estimate of drug-likeness (QED) is 0.0509. The molecule has 9 aromatic carbocycles. The molecule has 0 aliphatic carbocycles. The molecule has 0 spiro atoms. The summed E-state index contributed by atoms with van der Waals surface area (Å²) in [5.74, 6) is 0.287. The first kappa shape index (κ1) is 90.7. The zero-order valence-corrected chi connectivity index (χ0v) is 75.4. The molecular weight excluding hydrogens is 1740 g/mol. The van der Waals surface area contributed by atoms with E-state index in [1.165, 1.54) is 30.3 Å². The highest BCUT2D eigenvalue weighted by atomic mass is 35.5. The molecule has 670 valence electrons. The maximum absolute atomic E-state index is 14.0. The van der Waals surface area contributed by atoms with Crippen molar-refractivity contribution in [3.8, 4) is 5.75 Å². The number of aromatic amines is 5. The summed E-state index contributed by atoms with van der Waals surface area (Å²) in [6, 6.07) is 64.8. The van der Waals surface area contributed by atoms with Gasteiger partial charge in [0.15, 0.2) is 0 Å². The first-order chi connectivity index (χ1) is 62.4. The molecule has 20 rings (SSSR count). The van der Waals surface area contributed by atoms with Crippen LogP contribution in [0.25, 0.3) is 54.5 Å². The van der Waals surface area contributed by atoms with Crippen molar-refractivity contribution >= 4 is 159 Å². The smallest absolute Gasteiger partial charge is 0.270 e. The summed E-state index contributed by atoms with van der Waals surface area (Å²) < 4.78 is 52.3. The molecule has 6 saturated heterocycles. The number of rotatable bonds is 14. The minimum absolute atomic E-state index is 0.00141. The number of carbonyl (C=O) groups is 5. The lowest BCUT2D eigenvalue weighted by molar-refractivity contribution is 0.00154. The summed E-state index contributed by atoms with van der Waals surface area (Å²) in [5, 5.41) is 18.0. The molecule has 0 radical (unpaired) electrons. The first-order valence-corrected chi connectivity index (χ1v) is 45.8. The predicted molar refractivity (Wildman–Crippen MR) is 510 cm³/mol. The number of morpholine rings is 1. The Morgan fingerprint density at radius 2 is 0.698 bits per heavy atom. The van der Waals surface area contributed by atoms with E-state index in [-0.39, 0.29) is 71.2 Å². The molecule has 6 fully saturated rings. The number of benzene rings is 9. The molecule has 21 nitrogen and oxygen atoms in total. The Hall–Kier alpha value is -11.6. The van der Waals surface area contributed by atoms with Gasteiger partial charge in [-0.05, 0) is 258 Å². The van der Waals surface area contributed by atoms with E-state index < -0.39 is 0 Å². The van der Waals surface area contributed by atoms with Gasteiger partial charge in [-0.3, -0.25) is 28.9 Å². The average Bonchev–Trinajstić information content (AvgIpc) is 1.72. The van der Waals surface area contributed by atoms with Crippen molar-refractivity contribution in [3.05, 3.63) is 294 Å². The van der Waals surface area contributed by atoms with E-state index in [2.05, 4.69) is 45.8 Å². The Labute approximate surface area is 771 Å². The van der Waals surface area contributed by atoms with Crippen LogP contribution >= 0.6 is 58.0 Å². The number of aromatic nitrogens is 5. The summed E-state index contributed by atoms with van der Waals surface area (Å²) in [6.45, 7) is 14.4. The van der Waals surface area contributed by atoms with Gasteiger partial charge in [-0.2, -0.15) is 0 Å². The van der Waals surface area contributed by atoms with Crippen molar-refractivity contribution in [2.24, 2.45) is 0 Å². The number of piperidine rings is 5. The zero-order valence-electron chi connectivity index (χ0n) is 71.6. The molecule has 6 aliphatic heterocycles. The molecular formula is C100H102Cl5F3N14O7. The minimum Gasteiger partial charge on any atom is -0.490 e. The summed E-state index contributed by atoms with van der Waals surface area (Å²) in [5.41, 5.74) is 11.5. The Morgan fingerprint density at radius 1 is 0.341 bits per heavy atom. The number of nitrogens with one attached hydrogen (secondary N) is 8. The monoisotopic (exact) mass is 1840 g/mol. The van der Waals surface area contributed by atoms with Gasteiger partial charge in [0.25, 0.3) is 29.5 Å². The lowest BCUT2D eigenvalue weighted by Crippen LogP contribution is -2.50. The third-order valence-electron chi connectivity index (χ3n) is 24.6. The Bertz CT molecular complexity index is 6270. The highest BCUT2D eigenvalue weighted by Gasteiger charge is 2.33. The Kier molecular flexibility index (Phi) is 29.4. The van der Waals surface area contributed by atoms with E-state index in [0.717, 1.165) is 186 Å². The molecule has 0 atom stereocenters. The van der Waals surface area contributed by atoms with Crippen LogP contribution in [0.2, 0.25) is 25.1 Å². The van der Waals surface area contributed by atoms with Crippen LogP contribution in [0, 0.1) is 31.3 Å². The topological polar surface area (TPSA) is 238 Å². The lowest BCUT2D eigenvalue weighted by atomic mass is 10.0. The number of H-pyrrole nitrogens is 5.